The first-order valence-corrected chi connectivity index (χ1v) is 7.43. The number of phenols is 1. The third-order valence-corrected chi connectivity index (χ3v) is 3.85. The summed E-state index contributed by atoms with van der Waals surface area (Å²) < 4.78 is 19.1. The highest BCUT2D eigenvalue weighted by atomic mass is 35.5. The third-order valence-electron chi connectivity index (χ3n) is 3.51. The van der Waals surface area contributed by atoms with Gasteiger partial charge in [-0.05, 0) is 38.8 Å². The number of amides is 1. The highest BCUT2D eigenvalue weighted by molar-refractivity contribution is 6.31. The van der Waals surface area contributed by atoms with E-state index in [9.17, 15) is 14.3 Å². The van der Waals surface area contributed by atoms with Gasteiger partial charge in [0.1, 0.15) is 5.60 Å². The van der Waals surface area contributed by atoms with Crippen LogP contribution in [0.4, 0.5) is 9.18 Å². The fourth-order valence-electron chi connectivity index (χ4n) is 2.61. The van der Waals surface area contributed by atoms with E-state index >= 15 is 0 Å². The summed E-state index contributed by atoms with van der Waals surface area (Å²) >= 11 is 6.05. The zero-order valence-corrected chi connectivity index (χ0v) is 13.6. The minimum absolute atomic E-state index is 0.0274. The van der Waals surface area contributed by atoms with Crippen LogP contribution in [-0.2, 0) is 11.2 Å². The van der Waals surface area contributed by atoms with Crippen molar-refractivity contribution in [1.82, 2.24) is 4.90 Å². The predicted molar refractivity (Wildman–Crippen MR) is 81.5 cm³/mol. The van der Waals surface area contributed by atoms with E-state index < -0.39 is 29.3 Å². The molecule has 0 bridgehead atoms. The molecule has 0 radical (unpaired) electrons. The van der Waals surface area contributed by atoms with Crippen LogP contribution in [-0.4, -0.2) is 34.8 Å². The first-order chi connectivity index (χ1) is 10.2. The minimum atomic E-state index is -0.826. The monoisotopic (exact) mass is 330 g/mol. The lowest BCUT2D eigenvalue weighted by Crippen LogP contribution is -2.45. The lowest BCUT2D eigenvalue weighted by atomic mass is 9.91. The Hall–Kier alpha value is -1.53. The zero-order chi connectivity index (χ0) is 16.7. The van der Waals surface area contributed by atoms with Crippen LogP contribution in [0.1, 0.15) is 37.9 Å². The summed E-state index contributed by atoms with van der Waals surface area (Å²) in [4.78, 5) is 13.7. The number of hydrogen-bond donors (Lipinski definition) is 2. The van der Waals surface area contributed by atoms with Crippen LogP contribution < -0.4 is 5.73 Å². The van der Waals surface area contributed by atoms with Gasteiger partial charge in [0.2, 0.25) is 0 Å². The molecule has 0 unspecified atom stereocenters. The van der Waals surface area contributed by atoms with Crippen molar-refractivity contribution in [3.05, 3.63) is 28.0 Å². The van der Waals surface area contributed by atoms with Crippen molar-refractivity contribution in [2.24, 2.45) is 5.73 Å². The number of rotatable bonds is 1. The molecule has 2 rings (SSSR count). The smallest absolute Gasteiger partial charge is 0.410 e. The Bertz CT molecular complexity index is 601. The van der Waals surface area contributed by atoms with E-state index in [1.54, 1.807) is 20.8 Å². The van der Waals surface area contributed by atoms with Crippen LogP contribution in [0.15, 0.2) is 6.07 Å². The molecular formula is C15H20ClFN2O3. The number of hydrogen-bond acceptors (Lipinski definition) is 4. The molecule has 0 aliphatic carbocycles. The Balaban J connectivity index is 2.43. The summed E-state index contributed by atoms with van der Waals surface area (Å²) in [6.07, 6.45) is -0.147. The first kappa shape index (κ1) is 16.8. The molecule has 1 atom stereocenters. The number of ether oxygens (including phenoxy) is 1. The van der Waals surface area contributed by atoms with E-state index in [1.807, 2.05) is 0 Å². The van der Waals surface area contributed by atoms with Crippen LogP contribution in [0.25, 0.3) is 0 Å². The topological polar surface area (TPSA) is 75.8 Å². The van der Waals surface area contributed by atoms with Crippen molar-refractivity contribution >= 4 is 17.7 Å². The summed E-state index contributed by atoms with van der Waals surface area (Å²) in [5, 5.41) is 10.3. The molecule has 0 saturated carbocycles. The average molecular weight is 331 g/mol. The molecule has 1 aromatic rings. The third kappa shape index (κ3) is 3.13. The van der Waals surface area contributed by atoms with Crippen LogP contribution in [0.3, 0.4) is 0 Å². The predicted octanol–water partition coefficient (Wildman–Crippen LogP) is 2.98. The Morgan fingerprint density at radius 2 is 2.23 bits per heavy atom. The maximum Gasteiger partial charge on any atom is 0.410 e. The molecule has 0 spiro atoms. The Morgan fingerprint density at radius 3 is 2.77 bits per heavy atom. The van der Waals surface area contributed by atoms with Gasteiger partial charge in [0.15, 0.2) is 11.6 Å². The average Bonchev–Trinajstić information content (AvgIpc) is 2.41. The molecule has 1 aliphatic heterocycles. The molecule has 0 aromatic heterocycles. The summed E-state index contributed by atoms with van der Waals surface area (Å²) in [5.41, 5.74) is 5.99. The number of halogens is 2. The van der Waals surface area contributed by atoms with Crippen molar-refractivity contribution in [2.45, 2.75) is 38.8 Å². The van der Waals surface area contributed by atoms with Crippen LogP contribution in [0, 0.1) is 5.82 Å². The number of carbonyl (C=O) groups is 1. The van der Waals surface area contributed by atoms with Crippen LogP contribution >= 0.6 is 11.6 Å². The molecule has 122 valence electrons. The van der Waals surface area contributed by atoms with Crippen LogP contribution in [0.5, 0.6) is 5.75 Å². The van der Waals surface area contributed by atoms with Gasteiger partial charge in [-0.3, -0.25) is 4.90 Å². The molecule has 1 aromatic carbocycles. The summed E-state index contributed by atoms with van der Waals surface area (Å²) in [5.74, 6) is -1.34. The second-order valence-electron chi connectivity index (χ2n) is 6.26. The fraction of sp³-hybridized carbons (Fsp3) is 0.533. The molecule has 22 heavy (non-hydrogen) atoms. The molecular weight excluding hydrogens is 311 g/mol. The van der Waals surface area contributed by atoms with Crippen molar-refractivity contribution in [3.8, 4) is 5.75 Å². The molecule has 5 nitrogen and oxygen atoms in total. The van der Waals surface area contributed by atoms with E-state index in [2.05, 4.69) is 0 Å². The molecule has 1 aliphatic rings. The minimum Gasteiger partial charge on any atom is -0.505 e. The molecule has 0 saturated heterocycles. The standard InChI is InChI=1S/C15H20ClFN2O3/c1-15(2,3)22-14(21)19-5-4-8-9(16)6-10(17)13(20)12(8)11(19)7-18/h6,11,20H,4-5,7,18H2,1-3H3/t11-/m1/s1. The highest BCUT2D eigenvalue weighted by Gasteiger charge is 2.36. The quantitative estimate of drug-likeness (QED) is 0.830. The number of phenolic OH excluding ortho intramolecular Hbond substituents is 1. The molecule has 1 heterocycles. The Kier molecular flexibility index (Phi) is 4.54. The van der Waals surface area contributed by atoms with E-state index in [-0.39, 0.29) is 17.1 Å². The van der Waals surface area contributed by atoms with Gasteiger partial charge in [-0.25, -0.2) is 9.18 Å². The number of nitrogens with two attached hydrogens (primary N) is 1. The van der Waals surface area contributed by atoms with Crippen LogP contribution in [0.2, 0.25) is 5.02 Å². The van der Waals surface area contributed by atoms with Gasteiger partial charge in [-0.15, -0.1) is 0 Å². The normalized spacial score (nSPS) is 18.1. The van der Waals surface area contributed by atoms with Gasteiger partial charge in [0.25, 0.3) is 0 Å². The maximum absolute atomic E-state index is 13.8. The molecule has 7 heteroatoms. The first-order valence-electron chi connectivity index (χ1n) is 7.05. The van der Waals surface area contributed by atoms with E-state index in [0.29, 0.717) is 18.5 Å². The van der Waals surface area contributed by atoms with E-state index in [1.165, 1.54) is 4.90 Å². The van der Waals surface area contributed by atoms with Gasteiger partial charge in [-0.2, -0.15) is 0 Å². The second-order valence-corrected chi connectivity index (χ2v) is 6.66. The van der Waals surface area contributed by atoms with Crippen molar-refractivity contribution in [1.29, 1.82) is 0 Å². The van der Waals surface area contributed by atoms with Crippen molar-refractivity contribution < 1.29 is 19.0 Å². The van der Waals surface area contributed by atoms with Crippen molar-refractivity contribution in [2.75, 3.05) is 13.1 Å². The summed E-state index contributed by atoms with van der Waals surface area (Å²) in [6.45, 7) is 5.64. The van der Waals surface area contributed by atoms with Gasteiger partial charge >= 0.3 is 6.09 Å². The molecule has 3 N–H and O–H groups in total. The Morgan fingerprint density at radius 1 is 1.59 bits per heavy atom. The second kappa shape index (κ2) is 5.93. The maximum atomic E-state index is 13.8. The Labute approximate surface area is 133 Å². The lowest BCUT2D eigenvalue weighted by Gasteiger charge is -2.38. The molecule has 1 amide bonds. The van der Waals surface area contributed by atoms with E-state index in [0.717, 1.165) is 6.07 Å². The van der Waals surface area contributed by atoms with Gasteiger partial charge < -0.3 is 15.6 Å². The number of benzene rings is 1. The highest BCUT2D eigenvalue weighted by Crippen LogP contribution is 2.41. The lowest BCUT2D eigenvalue weighted by molar-refractivity contribution is 0.0147. The van der Waals surface area contributed by atoms with Gasteiger partial charge in [-0.1, -0.05) is 11.6 Å². The van der Waals surface area contributed by atoms with Crippen molar-refractivity contribution in [3.63, 3.8) is 0 Å². The summed E-state index contributed by atoms with van der Waals surface area (Å²) in [7, 11) is 0. The number of nitrogens with zero attached hydrogens (tertiary/aromatic N) is 1. The van der Waals surface area contributed by atoms with Gasteiger partial charge in [0.05, 0.1) is 6.04 Å². The zero-order valence-electron chi connectivity index (χ0n) is 12.8. The largest absolute Gasteiger partial charge is 0.505 e. The van der Waals surface area contributed by atoms with Gasteiger partial charge in [0, 0.05) is 23.7 Å². The summed E-state index contributed by atoms with van der Waals surface area (Å²) in [6, 6.07) is 0.402. The number of carbonyl (C=O) groups excluding carboxylic acids is 1. The molecule has 0 fully saturated rings. The number of fused-ring (bicyclic) bond motifs is 1. The van der Waals surface area contributed by atoms with E-state index in [4.69, 9.17) is 22.1 Å². The number of aromatic hydroxyl groups is 1. The fourth-order valence-corrected chi connectivity index (χ4v) is 2.90. The SMILES string of the molecule is CC(C)(C)OC(=O)N1CCc2c(Cl)cc(F)c(O)c2[C@H]1CN.